The van der Waals surface area contributed by atoms with Crippen molar-refractivity contribution in [1.82, 2.24) is 14.5 Å². The lowest BCUT2D eigenvalue weighted by Crippen LogP contribution is -2.25. The molecule has 0 bridgehead atoms. The molecule has 0 aliphatic carbocycles. The minimum Gasteiger partial charge on any atom is -0.317 e. The van der Waals surface area contributed by atoms with E-state index in [2.05, 4.69) is 15.3 Å². The van der Waals surface area contributed by atoms with Gasteiger partial charge in [-0.05, 0) is 30.7 Å². The second kappa shape index (κ2) is 6.54. The first-order valence-corrected chi connectivity index (χ1v) is 8.27. The SMILES string of the molecule is Cc1ccn(C)c(=O)c1NC(=O)c1csc(-c2ncccc2Cl)n1. The molecule has 0 radical (unpaired) electrons. The highest BCUT2D eigenvalue weighted by atomic mass is 35.5. The van der Waals surface area contributed by atoms with Gasteiger partial charge in [0.05, 0.1) is 5.02 Å². The molecule has 6 nitrogen and oxygen atoms in total. The Labute approximate surface area is 146 Å². The molecule has 0 atom stereocenters. The van der Waals surface area contributed by atoms with Crippen LogP contribution in [0, 0.1) is 6.92 Å². The van der Waals surface area contributed by atoms with Crippen LogP contribution in [0.25, 0.3) is 10.7 Å². The van der Waals surface area contributed by atoms with E-state index < -0.39 is 5.91 Å². The molecule has 3 aromatic heterocycles. The van der Waals surface area contributed by atoms with Crippen molar-refractivity contribution < 1.29 is 4.79 Å². The Bertz CT molecular complexity index is 980. The summed E-state index contributed by atoms with van der Waals surface area (Å²) in [5.41, 5.74) is 1.40. The van der Waals surface area contributed by atoms with Crippen molar-refractivity contribution in [2.24, 2.45) is 7.05 Å². The van der Waals surface area contributed by atoms with Crippen molar-refractivity contribution in [3.8, 4) is 10.7 Å². The van der Waals surface area contributed by atoms with Crippen molar-refractivity contribution in [2.75, 3.05) is 5.32 Å². The Kier molecular flexibility index (Phi) is 4.46. The Morgan fingerprint density at radius 2 is 2.17 bits per heavy atom. The average Bonchev–Trinajstić information content (AvgIpc) is 3.05. The first kappa shape index (κ1) is 16.4. The number of carbonyl (C=O) groups is 1. The topological polar surface area (TPSA) is 76.9 Å². The minimum absolute atomic E-state index is 0.210. The molecular weight excluding hydrogens is 348 g/mol. The predicted molar refractivity (Wildman–Crippen MR) is 94.7 cm³/mol. The fourth-order valence-electron chi connectivity index (χ4n) is 2.08. The molecule has 3 aromatic rings. The molecule has 0 unspecified atom stereocenters. The Morgan fingerprint density at radius 1 is 1.38 bits per heavy atom. The third-order valence-electron chi connectivity index (χ3n) is 3.41. The maximum absolute atomic E-state index is 12.4. The molecular formula is C16H13ClN4O2S. The lowest BCUT2D eigenvalue weighted by Gasteiger charge is -2.08. The number of aromatic nitrogens is 3. The molecule has 1 N–H and O–H groups in total. The molecule has 0 aliphatic rings. The number of amides is 1. The first-order chi connectivity index (χ1) is 11.5. The van der Waals surface area contributed by atoms with Crippen molar-refractivity contribution in [3.63, 3.8) is 0 Å². The third kappa shape index (κ3) is 3.08. The quantitative estimate of drug-likeness (QED) is 0.778. The zero-order valence-electron chi connectivity index (χ0n) is 12.9. The summed E-state index contributed by atoms with van der Waals surface area (Å²) >= 11 is 7.36. The minimum atomic E-state index is -0.448. The number of hydrogen-bond acceptors (Lipinski definition) is 5. The van der Waals surface area contributed by atoms with E-state index in [9.17, 15) is 9.59 Å². The number of rotatable bonds is 3. The number of thiazole rings is 1. The maximum atomic E-state index is 12.4. The van der Waals surface area contributed by atoms with Crippen LogP contribution in [0.15, 0.2) is 40.8 Å². The number of pyridine rings is 2. The van der Waals surface area contributed by atoms with Crippen LogP contribution in [-0.4, -0.2) is 20.4 Å². The summed E-state index contributed by atoms with van der Waals surface area (Å²) in [6.45, 7) is 1.76. The van der Waals surface area contributed by atoms with Gasteiger partial charge < -0.3 is 9.88 Å². The Morgan fingerprint density at radius 3 is 2.92 bits per heavy atom. The number of nitrogens with zero attached hydrogens (tertiary/aromatic N) is 3. The summed E-state index contributed by atoms with van der Waals surface area (Å²) in [5, 5.41) is 5.25. The molecule has 122 valence electrons. The van der Waals surface area contributed by atoms with Crippen LogP contribution in [0.1, 0.15) is 16.1 Å². The molecule has 0 spiro atoms. The van der Waals surface area contributed by atoms with Crippen LogP contribution >= 0.6 is 22.9 Å². The van der Waals surface area contributed by atoms with Gasteiger partial charge in [-0.2, -0.15) is 0 Å². The van der Waals surface area contributed by atoms with E-state index >= 15 is 0 Å². The van der Waals surface area contributed by atoms with E-state index in [-0.39, 0.29) is 16.9 Å². The highest BCUT2D eigenvalue weighted by Gasteiger charge is 2.16. The summed E-state index contributed by atoms with van der Waals surface area (Å²) in [4.78, 5) is 33.0. The van der Waals surface area contributed by atoms with Crippen LogP contribution in [0.5, 0.6) is 0 Å². The summed E-state index contributed by atoms with van der Waals surface area (Å²) in [6, 6.07) is 5.19. The van der Waals surface area contributed by atoms with Gasteiger partial charge in [0, 0.05) is 24.8 Å². The second-order valence-corrected chi connectivity index (χ2v) is 6.38. The van der Waals surface area contributed by atoms with E-state index in [1.807, 2.05) is 0 Å². The summed E-state index contributed by atoms with van der Waals surface area (Å²) in [7, 11) is 1.63. The van der Waals surface area contributed by atoms with Gasteiger partial charge >= 0.3 is 0 Å². The van der Waals surface area contributed by atoms with Crippen molar-refractivity contribution in [1.29, 1.82) is 0 Å². The summed E-state index contributed by atoms with van der Waals surface area (Å²) < 4.78 is 1.41. The number of halogens is 1. The highest BCUT2D eigenvalue weighted by molar-refractivity contribution is 7.13. The van der Waals surface area contributed by atoms with E-state index in [4.69, 9.17) is 11.6 Å². The molecule has 0 saturated carbocycles. The van der Waals surface area contributed by atoms with Crippen molar-refractivity contribution >= 4 is 34.5 Å². The van der Waals surface area contributed by atoms with Gasteiger partial charge in [-0.15, -0.1) is 11.3 Å². The highest BCUT2D eigenvalue weighted by Crippen LogP contribution is 2.28. The monoisotopic (exact) mass is 360 g/mol. The van der Waals surface area contributed by atoms with E-state index in [0.717, 1.165) is 0 Å². The van der Waals surface area contributed by atoms with Crippen LogP contribution in [0.3, 0.4) is 0 Å². The van der Waals surface area contributed by atoms with Gasteiger partial charge in [0.2, 0.25) is 0 Å². The van der Waals surface area contributed by atoms with E-state index in [1.165, 1.54) is 15.9 Å². The fourth-order valence-corrected chi connectivity index (χ4v) is 3.15. The number of carbonyl (C=O) groups excluding carboxylic acids is 1. The number of hydrogen-bond donors (Lipinski definition) is 1. The molecule has 1 amide bonds. The van der Waals surface area contributed by atoms with Gasteiger partial charge in [0.1, 0.15) is 22.1 Å². The van der Waals surface area contributed by atoms with Crippen LogP contribution in [0.2, 0.25) is 5.02 Å². The van der Waals surface area contributed by atoms with E-state index in [0.29, 0.717) is 21.3 Å². The molecule has 24 heavy (non-hydrogen) atoms. The van der Waals surface area contributed by atoms with E-state index in [1.54, 1.807) is 49.9 Å². The number of anilines is 1. The Balaban J connectivity index is 1.89. The lowest BCUT2D eigenvalue weighted by molar-refractivity contribution is 0.102. The van der Waals surface area contributed by atoms with Gasteiger partial charge in [-0.25, -0.2) is 4.98 Å². The molecule has 0 saturated heterocycles. The molecule has 0 fully saturated rings. The molecule has 8 heteroatoms. The average molecular weight is 361 g/mol. The first-order valence-electron chi connectivity index (χ1n) is 7.01. The third-order valence-corrected chi connectivity index (χ3v) is 4.57. The van der Waals surface area contributed by atoms with Crippen LogP contribution in [0.4, 0.5) is 5.69 Å². The lowest BCUT2D eigenvalue weighted by atomic mass is 10.2. The van der Waals surface area contributed by atoms with Gasteiger partial charge in [-0.3, -0.25) is 14.6 Å². The van der Waals surface area contributed by atoms with Gasteiger partial charge in [-0.1, -0.05) is 11.6 Å². The van der Waals surface area contributed by atoms with Gasteiger partial charge in [0.25, 0.3) is 11.5 Å². The van der Waals surface area contributed by atoms with Crippen molar-refractivity contribution in [3.05, 3.63) is 62.6 Å². The summed E-state index contributed by atoms with van der Waals surface area (Å²) in [6.07, 6.45) is 3.26. The summed E-state index contributed by atoms with van der Waals surface area (Å²) in [5.74, 6) is -0.448. The normalized spacial score (nSPS) is 10.6. The second-order valence-electron chi connectivity index (χ2n) is 5.12. The van der Waals surface area contributed by atoms with Crippen LogP contribution < -0.4 is 10.9 Å². The smallest absolute Gasteiger partial charge is 0.275 e. The van der Waals surface area contributed by atoms with Crippen molar-refractivity contribution in [2.45, 2.75) is 6.92 Å². The molecule has 3 heterocycles. The zero-order chi connectivity index (χ0) is 17.3. The maximum Gasteiger partial charge on any atom is 0.275 e. The van der Waals surface area contributed by atoms with Gasteiger partial charge in [0.15, 0.2) is 0 Å². The molecule has 0 aliphatic heterocycles. The fraction of sp³-hybridized carbons (Fsp3) is 0.125. The predicted octanol–water partition coefficient (Wildman–Crippen LogP) is 3.12. The zero-order valence-corrected chi connectivity index (χ0v) is 14.5. The molecule has 0 aromatic carbocycles. The number of aryl methyl sites for hydroxylation is 2. The number of nitrogens with one attached hydrogen (secondary N) is 1. The van der Waals surface area contributed by atoms with Crippen LogP contribution in [-0.2, 0) is 7.05 Å². The largest absolute Gasteiger partial charge is 0.317 e. The molecule has 3 rings (SSSR count). The Hall–Kier alpha value is -2.51. The standard InChI is InChI=1S/C16H13ClN4O2S/c1-9-5-7-21(2)16(23)12(9)20-14(22)11-8-24-15(19-11)13-10(17)4-3-6-18-13/h3-8H,1-2H3,(H,20,22).